The molecule has 3 unspecified atom stereocenters. The van der Waals surface area contributed by atoms with E-state index < -0.39 is 5.60 Å². The van der Waals surface area contributed by atoms with Crippen molar-refractivity contribution in [2.45, 2.75) is 43.7 Å². The van der Waals surface area contributed by atoms with Crippen LogP contribution in [-0.2, 0) is 4.74 Å². The smallest absolute Gasteiger partial charge is 0.341 e. The fourth-order valence-electron chi connectivity index (χ4n) is 5.81. The zero-order valence-electron chi connectivity index (χ0n) is 14.3. The first-order chi connectivity index (χ1) is 12.1. The minimum absolute atomic E-state index is 0.292. The van der Waals surface area contributed by atoms with Crippen LogP contribution in [0.5, 0.6) is 0 Å². The Balaban J connectivity index is 1.54. The van der Waals surface area contributed by atoms with Crippen molar-refractivity contribution >= 4 is 22.7 Å². The Labute approximate surface area is 146 Å². The summed E-state index contributed by atoms with van der Waals surface area (Å²) in [5.41, 5.74) is 1.59. The van der Waals surface area contributed by atoms with E-state index >= 15 is 0 Å². The summed E-state index contributed by atoms with van der Waals surface area (Å²) in [7, 11) is 1.39. The Morgan fingerprint density at radius 2 is 2.12 bits per heavy atom. The van der Waals surface area contributed by atoms with Gasteiger partial charge >= 0.3 is 5.97 Å². The van der Waals surface area contributed by atoms with Crippen molar-refractivity contribution in [2.75, 3.05) is 12.4 Å². The summed E-state index contributed by atoms with van der Waals surface area (Å²) in [4.78, 5) is 19.7. The van der Waals surface area contributed by atoms with Crippen LogP contribution in [0.2, 0.25) is 0 Å². The Morgan fingerprint density at radius 3 is 2.80 bits per heavy atom. The number of nitrogens with zero attached hydrogens (tertiary/aromatic N) is 1. The molecule has 0 spiro atoms. The molecular formula is C19H23N3O3. The van der Waals surface area contributed by atoms with Crippen molar-refractivity contribution in [1.29, 1.82) is 0 Å². The van der Waals surface area contributed by atoms with E-state index in [0.717, 1.165) is 36.0 Å². The van der Waals surface area contributed by atoms with Gasteiger partial charge in [-0.3, -0.25) is 0 Å². The molecule has 4 aliphatic rings. The summed E-state index contributed by atoms with van der Waals surface area (Å²) in [5, 5.41) is 15.4. The van der Waals surface area contributed by atoms with Crippen molar-refractivity contribution < 1.29 is 14.6 Å². The van der Waals surface area contributed by atoms with Crippen LogP contribution in [0.25, 0.3) is 11.0 Å². The van der Waals surface area contributed by atoms with Crippen molar-refractivity contribution in [1.82, 2.24) is 9.97 Å². The van der Waals surface area contributed by atoms with Crippen molar-refractivity contribution in [3.05, 3.63) is 24.0 Å². The van der Waals surface area contributed by atoms with Gasteiger partial charge in [0.25, 0.3) is 0 Å². The first-order valence-electron chi connectivity index (χ1n) is 9.10. The van der Waals surface area contributed by atoms with Gasteiger partial charge in [-0.05, 0) is 55.9 Å². The SMILES string of the molecule is COC(=O)c1cnc2[nH]ccc2c1NC1[C@@H]2CC3C[C@H]1CC(O)(C3)C2. The first-order valence-corrected chi connectivity index (χ1v) is 9.10. The predicted molar refractivity (Wildman–Crippen MR) is 93.3 cm³/mol. The highest BCUT2D eigenvalue weighted by molar-refractivity contribution is 6.04. The maximum absolute atomic E-state index is 12.2. The molecule has 2 aromatic heterocycles. The standard InChI is InChI=1S/C19H23N3O3/c1-25-18(23)14-9-21-17-13(2-3-20-17)16(14)22-15-11-4-10-5-12(15)8-19(24,6-10)7-11/h2-3,9-12,15,24H,4-8H2,1H3,(H2,20,21,22)/t10?,11-,12+,15?,19?. The molecule has 6 nitrogen and oxygen atoms in total. The third-order valence-electron chi connectivity index (χ3n) is 6.54. The predicted octanol–water partition coefficient (Wildman–Crippen LogP) is 2.70. The second-order valence-corrected chi connectivity index (χ2v) is 8.14. The highest BCUT2D eigenvalue weighted by atomic mass is 16.5. The Kier molecular flexibility index (Phi) is 3.17. The van der Waals surface area contributed by atoms with Crippen molar-refractivity contribution in [2.24, 2.45) is 17.8 Å². The number of aliphatic hydroxyl groups is 1. The van der Waals surface area contributed by atoms with Gasteiger partial charge < -0.3 is 20.1 Å². The number of ether oxygens (including phenoxy) is 1. The van der Waals surface area contributed by atoms with Crippen LogP contribution in [0, 0.1) is 17.8 Å². The highest BCUT2D eigenvalue weighted by Gasteiger charge is 2.54. The summed E-state index contributed by atoms with van der Waals surface area (Å²) in [5.74, 6) is 1.21. The number of esters is 1. The van der Waals surface area contributed by atoms with E-state index in [1.165, 1.54) is 20.0 Å². The quantitative estimate of drug-likeness (QED) is 0.747. The molecule has 0 aliphatic heterocycles. The summed E-state index contributed by atoms with van der Waals surface area (Å²) in [6.07, 6.45) is 8.47. The maximum atomic E-state index is 12.2. The van der Waals surface area contributed by atoms with E-state index in [9.17, 15) is 9.90 Å². The maximum Gasteiger partial charge on any atom is 0.341 e. The third kappa shape index (κ3) is 2.27. The molecule has 0 aromatic carbocycles. The van der Waals surface area contributed by atoms with Gasteiger partial charge in [-0.2, -0.15) is 0 Å². The lowest BCUT2D eigenvalue weighted by molar-refractivity contribution is -0.129. The van der Waals surface area contributed by atoms with Crippen LogP contribution in [0.15, 0.2) is 18.5 Å². The topological polar surface area (TPSA) is 87.2 Å². The number of anilines is 1. The number of hydrogen-bond acceptors (Lipinski definition) is 5. The second-order valence-electron chi connectivity index (χ2n) is 8.14. The molecule has 5 atom stereocenters. The number of aromatic amines is 1. The molecule has 4 saturated carbocycles. The summed E-state index contributed by atoms with van der Waals surface area (Å²) >= 11 is 0. The average Bonchev–Trinajstić information content (AvgIpc) is 3.04. The number of hydrogen-bond donors (Lipinski definition) is 3. The minimum Gasteiger partial charge on any atom is -0.465 e. The van der Waals surface area contributed by atoms with E-state index in [1.807, 2.05) is 12.3 Å². The van der Waals surface area contributed by atoms with Crippen LogP contribution in [0.4, 0.5) is 5.69 Å². The van der Waals surface area contributed by atoms with Gasteiger partial charge in [-0.25, -0.2) is 9.78 Å². The summed E-state index contributed by atoms with van der Waals surface area (Å²) in [6.45, 7) is 0. The van der Waals surface area contributed by atoms with Gasteiger partial charge in [0, 0.05) is 23.8 Å². The zero-order chi connectivity index (χ0) is 17.2. The lowest BCUT2D eigenvalue weighted by Gasteiger charge is -2.58. The largest absolute Gasteiger partial charge is 0.465 e. The van der Waals surface area contributed by atoms with Gasteiger partial charge in [0.1, 0.15) is 11.2 Å². The van der Waals surface area contributed by atoms with Crippen LogP contribution >= 0.6 is 0 Å². The normalized spacial score (nSPS) is 35.9. The number of pyridine rings is 1. The molecule has 4 fully saturated rings. The summed E-state index contributed by atoms with van der Waals surface area (Å²) < 4.78 is 4.96. The van der Waals surface area contributed by atoms with Gasteiger partial charge in [0.2, 0.25) is 0 Å². The molecule has 6 heteroatoms. The van der Waals surface area contributed by atoms with Gasteiger partial charge in [0.05, 0.1) is 18.4 Å². The molecule has 3 N–H and O–H groups in total. The molecule has 25 heavy (non-hydrogen) atoms. The lowest BCUT2D eigenvalue weighted by atomic mass is 9.52. The van der Waals surface area contributed by atoms with Crippen LogP contribution in [-0.4, -0.2) is 39.8 Å². The number of carbonyl (C=O) groups is 1. The van der Waals surface area contributed by atoms with E-state index in [-0.39, 0.29) is 5.97 Å². The van der Waals surface area contributed by atoms with E-state index in [4.69, 9.17) is 4.74 Å². The van der Waals surface area contributed by atoms with Crippen LogP contribution in [0.1, 0.15) is 42.5 Å². The number of rotatable bonds is 3. The fourth-order valence-corrected chi connectivity index (χ4v) is 5.81. The van der Waals surface area contributed by atoms with E-state index in [2.05, 4.69) is 15.3 Å². The van der Waals surface area contributed by atoms with E-state index in [0.29, 0.717) is 29.4 Å². The number of H-pyrrole nitrogens is 1. The lowest BCUT2D eigenvalue weighted by Crippen LogP contribution is -2.59. The first kappa shape index (κ1) is 15.2. The Hall–Kier alpha value is -2.08. The van der Waals surface area contributed by atoms with Gasteiger partial charge in [-0.15, -0.1) is 0 Å². The molecule has 132 valence electrons. The van der Waals surface area contributed by atoms with Crippen molar-refractivity contribution in [3.63, 3.8) is 0 Å². The van der Waals surface area contributed by atoms with E-state index in [1.54, 1.807) is 6.20 Å². The molecule has 4 bridgehead atoms. The second kappa shape index (κ2) is 5.21. The monoisotopic (exact) mass is 341 g/mol. The molecule has 6 rings (SSSR count). The molecule has 0 amide bonds. The van der Waals surface area contributed by atoms with Gasteiger partial charge in [-0.1, -0.05) is 0 Å². The molecule has 0 saturated heterocycles. The number of methoxy groups -OCH3 is 1. The zero-order valence-corrected chi connectivity index (χ0v) is 14.3. The molecule has 2 heterocycles. The average molecular weight is 341 g/mol. The highest BCUT2D eigenvalue weighted by Crippen LogP contribution is 2.56. The molecular weight excluding hydrogens is 318 g/mol. The van der Waals surface area contributed by atoms with Crippen LogP contribution in [0.3, 0.4) is 0 Å². The molecule has 4 aliphatic carbocycles. The minimum atomic E-state index is -0.457. The Morgan fingerprint density at radius 1 is 1.36 bits per heavy atom. The molecule has 0 radical (unpaired) electrons. The summed E-state index contributed by atoms with van der Waals surface area (Å²) in [6, 6.07) is 2.24. The Bertz CT molecular complexity index is 830. The fraction of sp³-hybridized carbons (Fsp3) is 0.579. The number of fused-ring (bicyclic) bond motifs is 1. The third-order valence-corrected chi connectivity index (χ3v) is 6.54. The number of carbonyl (C=O) groups excluding carboxylic acids is 1. The van der Waals surface area contributed by atoms with Gasteiger partial charge in [0.15, 0.2) is 0 Å². The van der Waals surface area contributed by atoms with Crippen molar-refractivity contribution in [3.8, 4) is 0 Å². The van der Waals surface area contributed by atoms with Crippen LogP contribution < -0.4 is 5.32 Å². The number of aromatic nitrogens is 2. The molecule has 2 aromatic rings. The number of nitrogens with one attached hydrogen (secondary N) is 2.